The molecule has 0 spiro atoms. The van der Waals surface area contributed by atoms with Crippen LogP contribution < -0.4 is 10.1 Å². The average Bonchev–Trinajstić information content (AvgIpc) is 2.80. The van der Waals surface area contributed by atoms with Gasteiger partial charge in [0.25, 0.3) is 0 Å². The number of rotatable bonds is 4. The Hall–Kier alpha value is -1.52. The molecule has 1 aromatic carbocycles. The number of H-pyrrole nitrogens is 1. The van der Waals surface area contributed by atoms with E-state index in [-0.39, 0.29) is 0 Å². The number of hydrogen-bond donors (Lipinski definition) is 2. The molecule has 0 atom stereocenters. The van der Waals surface area contributed by atoms with Crippen molar-refractivity contribution < 1.29 is 4.74 Å². The summed E-state index contributed by atoms with van der Waals surface area (Å²) < 4.78 is 5.42. The van der Waals surface area contributed by atoms with Crippen LogP contribution in [0.3, 0.4) is 0 Å². The van der Waals surface area contributed by atoms with Gasteiger partial charge in [-0.15, -0.1) is 0 Å². The topological polar surface area (TPSA) is 49.9 Å². The molecule has 0 radical (unpaired) electrons. The highest BCUT2D eigenvalue weighted by atomic mass is 35.5. The molecule has 0 saturated heterocycles. The minimum atomic E-state index is 0.712. The van der Waals surface area contributed by atoms with Crippen molar-refractivity contribution >= 4 is 11.6 Å². The van der Waals surface area contributed by atoms with Crippen LogP contribution in [0.25, 0.3) is 11.1 Å². The first kappa shape index (κ1) is 12.9. The molecule has 0 aliphatic carbocycles. The van der Waals surface area contributed by atoms with Crippen LogP contribution in [0, 0.1) is 6.92 Å². The third-order valence-electron chi connectivity index (χ3n) is 2.84. The lowest BCUT2D eigenvalue weighted by molar-refractivity contribution is 0.416. The van der Waals surface area contributed by atoms with E-state index >= 15 is 0 Å². The summed E-state index contributed by atoms with van der Waals surface area (Å²) in [5, 5.41) is 10.9. The van der Waals surface area contributed by atoms with Crippen molar-refractivity contribution in [2.75, 3.05) is 14.2 Å². The van der Waals surface area contributed by atoms with Crippen molar-refractivity contribution in [3.05, 3.63) is 34.6 Å². The molecule has 96 valence electrons. The summed E-state index contributed by atoms with van der Waals surface area (Å²) in [6, 6.07) is 3.85. The van der Waals surface area contributed by atoms with Gasteiger partial charge in [0.05, 0.1) is 19.0 Å². The number of nitrogens with zero attached hydrogens (tertiary/aromatic N) is 1. The van der Waals surface area contributed by atoms with Crippen molar-refractivity contribution in [3.63, 3.8) is 0 Å². The van der Waals surface area contributed by atoms with E-state index in [1.165, 1.54) is 0 Å². The predicted octanol–water partition coefficient (Wildman–Crippen LogP) is 2.77. The van der Waals surface area contributed by atoms with Crippen molar-refractivity contribution in [3.8, 4) is 16.9 Å². The molecule has 2 rings (SSSR count). The first-order valence-electron chi connectivity index (χ1n) is 5.68. The van der Waals surface area contributed by atoms with Gasteiger partial charge in [-0.2, -0.15) is 5.10 Å². The van der Waals surface area contributed by atoms with Crippen molar-refractivity contribution in [2.24, 2.45) is 0 Å². The molecule has 0 fully saturated rings. The van der Waals surface area contributed by atoms with E-state index in [4.69, 9.17) is 16.3 Å². The molecule has 0 amide bonds. The highest BCUT2D eigenvalue weighted by molar-refractivity contribution is 6.31. The molecule has 0 unspecified atom stereocenters. The smallest absolute Gasteiger partial charge is 0.127 e. The summed E-state index contributed by atoms with van der Waals surface area (Å²) in [6.07, 6.45) is 1.79. The van der Waals surface area contributed by atoms with Crippen LogP contribution in [0.1, 0.15) is 11.3 Å². The molecule has 18 heavy (non-hydrogen) atoms. The maximum Gasteiger partial charge on any atom is 0.127 e. The second kappa shape index (κ2) is 5.42. The standard InChI is InChI=1S/C13H16ClN3O/c1-8-4-13(18-3)9(5-11(8)14)10-6-16-17-12(10)7-15-2/h4-6,15H,7H2,1-3H3,(H,16,17). The molecule has 0 aliphatic heterocycles. The highest BCUT2D eigenvalue weighted by Crippen LogP contribution is 2.35. The molecule has 0 aliphatic rings. The Labute approximate surface area is 111 Å². The van der Waals surface area contributed by atoms with Gasteiger partial charge in [0.15, 0.2) is 0 Å². The number of aryl methyl sites for hydroxylation is 1. The molecule has 2 aromatic rings. The molecular weight excluding hydrogens is 250 g/mol. The molecule has 1 heterocycles. The van der Waals surface area contributed by atoms with E-state index in [1.807, 2.05) is 26.1 Å². The fourth-order valence-electron chi connectivity index (χ4n) is 1.89. The van der Waals surface area contributed by atoms with Gasteiger partial charge < -0.3 is 10.1 Å². The summed E-state index contributed by atoms with van der Waals surface area (Å²) in [4.78, 5) is 0. The lowest BCUT2D eigenvalue weighted by Gasteiger charge is -2.11. The highest BCUT2D eigenvalue weighted by Gasteiger charge is 2.14. The Morgan fingerprint density at radius 2 is 2.17 bits per heavy atom. The lowest BCUT2D eigenvalue weighted by atomic mass is 10.0. The molecule has 4 nitrogen and oxygen atoms in total. The Bertz CT molecular complexity index is 551. The maximum atomic E-state index is 6.19. The van der Waals surface area contributed by atoms with Gasteiger partial charge in [0.1, 0.15) is 5.75 Å². The van der Waals surface area contributed by atoms with Crippen LogP contribution in [0.5, 0.6) is 5.75 Å². The zero-order valence-electron chi connectivity index (χ0n) is 10.7. The number of benzene rings is 1. The zero-order chi connectivity index (χ0) is 13.1. The monoisotopic (exact) mass is 265 g/mol. The number of nitrogens with one attached hydrogen (secondary N) is 2. The van der Waals surface area contributed by atoms with E-state index < -0.39 is 0 Å². The molecule has 1 aromatic heterocycles. The quantitative estimate of drug-likeness (QED) is 0.894. The zero-order valence-corrected chi connectivity index (χ0v) is 11.4. The number of hydrogen-bond acceptors (Lipinski definition) is 3. The Morgan fingerprint density at radius 3 is 2.83 bits per heavy atom. The summed E-state index contributed by atoms with van der Waals surface area (Å²) in [5.74, 6) is 0.802. The molecular formula is C13H16ClN3O. The number of aromatic amines is 1. The number of methoxy groups -OCH3 is 1. The number of halogens is 1. The van der Waals surface area contributed by atoms with Gasteiger partial charge in [-0.05, 0) is 31.7 Å². The fraction of sp³-hybridized carbons (Fsp3) is 0.308. The van der Waals surface area contributed by atoms with E-state index in [0.717, 1.165) is 33.2 Å². The van der Waals surface area contributed by atoms with E-state index in [2.05, 4.69) is 15.5 Å². The number of ether oxygens (including phenoxy) is 1. The van der Waals surface area contributed by atoms with Gasteiger partial charge >= 0.3 is 0 Å². The Kier molecular flexibility index (Phi) is 3.89. The summed E-state index contributed by atoms with van der Waals surface area (Å²) in [7, 11) is 3.55. The van der Waals surface area contributed by atoms with Crippen LogP contribution in [0.2, 0.25) is 5.02 Å². The first-order chi connectivity index (χ1) is 8.67. The van der Waals surface area contributed by atoms with Crippen molar-refractivity contribution in [1.82, 2.24) is 15.5 Å². The van der Waals surface area contributed by atoms with Gasteiger partial charge in [0.2, 0.25) is 0 Å². The number of aromatic nitrogens is 2. The third kappa shape index (κ3) is 2.35. The minimum absolute atomic E-state index is 0.712. The summed E-state index contributed by atoms with van der Waals surface area (Å²) in [6.45, 7) is 2.67. The Morgan fingerprint density at radius 1 is 1.39 bits per heavy atom. The first-order valence-corrected chi connectivity index (χ1v) is 6.06. The second-order valence-corrected chi connectivity index (χ2v) is 4.50. The van der Waals surface area contributed by atoms with Crippen LogP contribution in [-0.2, 0) is 6.54 Å². The average molecular weight is 266 g/mol. The van der Waals surface area contributed by atoms with E-state index in [0.29, 0.717) is 6.54 Å². The van der Waals surface area contributed by atoms with Gasteiger partial charge in [-0.25, -0.2) is 0 Å². The van der Waals surface area contributed by atoms with Crippen LogP contribution >= 0.6 is 11.6 Å². The van der Waals surface area contributed by atoms with Gasteiger partial charge in [0, 0.05) is 22.7 Å². The van der Waals surface area contributed by atoms with Crippen LogP contribution in [0.15, 0.2) is 18.3 Å². The third-order valence-corrected chi connectivity index (χ3v) is 3.25. The molecule has 5 heteroatoms. The maximum absolute atomic E-state index is 6.19. The minimum Gasteiger partial charge on any atom is -0.496 e. The van der Waals surface area contributed by atoms with E-state index in [9.17, 15) is 0 Å². The van der Waals surface area contributed by atoms with Crippen LogP contribution in [0.4, 0.5) is 0 Å². The van der Waals surface area contributed by atoms with Gasteiger partial charge in [-0.1, -0.05) is 11.6 Å². The van der Waals surface area contributed by atoms with Crippen LogP contribution in [-0.4, -0.2) is 24.4 Å². The SMILES string of the molecule is CNCc1[nH]ncc1-c1cc(Cl)c(C)cc1OC. The second-order valence-electron chi connectivity index (χ2n) is 4.09. The largest absolute Gasteiger partial charge is 0.496 e. The van der Waals surface area contributed by atoms with E-state index in [1.54, 1.807) is 13.3 Å². The summed E-state index contributed by atoms with van der Waals surface area (Å²) in [5.41, 5.74) is 3.96. The van der Waals surface area contributed by atoms with Crippen molar-refractivity contribution in [1.29, 1.82) is 0 Å². The predicted molar refractivity (Wildman–Crippen MR) is 73.1 cm³/mol. The summed E-state index contributed by atoms with van der Waals surface area (Å²) >= 11 is 6.19. The molecule has 2 N–H and O–H groups in total. The van der Waals surface area contributed by atoms with Gasteiger partial charge in [-0.3, -0.25) is 5.10 Å². The molecule has 0 saturated carbocycles. The van der Waals surface area contributed by atoms with Crippen molar-refractivity contribution in [2.45, 2.75) is 13.5 Å². The molecule has 0 bridgehead atoms. The normalized spacial score (nSPS) is 10.7. The Balaban J connectivity index is 2.55. The lowest BCUT2D eigenvalue weighted by Crippen LogP contribution is -2.06. The fourth-order valence-corrected chi connectivity index (χ4v) is 2.05.